The van der Waals surface area contributed by atoms with Crippen LogP contribution in [-0.2, 0) is 20.7 Å². The molecule has 0 aliphatic rings. The van der Waals surface area contributed by atoms with Crippen molar-refractivity contribution in [1.82, 2.24) is 0 Å². The molecule has 0 saturated heterocycles. The summed E-state index contributed by atoms with van der Waals surface area (Å²) in [6, 6.07) is 9.96. The quantitative estimate of drug-likeness (QED) is 0.694. The highest BCUT2D eigenvalue weighted by atomic mass is 35.5. The molecule has 8 heteroatoms. The molecular weight excluding hydrogens is 374 g/mol. The van der Waals surface area contributed by atoms with Gasteiger partial charge in [0, 0.05) is 10.7 Å². The molecule has 0 aliphatic heterocycles. The summed E-state index contributed by atoms with van der Waals surface area (Å²) in [4.78, 5) is 23.9. The number of nitrogens with one attached hydrogen (secondary N) is 1. The molecule has 0 radical (unpaired) electrons. The van der Waals surface area contributed by atoms with Crippen molar-refractivity contribution in [3.63, 3.8) is 0 Å². The number of carbonyl (C=O) groups excluding carboxylic acids is 2. The minimum Gasteiger partial charge on any atom is -0.493 e. The van der Waals surface area contributed by atoms with E-state index in [9.17, 15) is 9.59 Å². The maximum atomic E-state index is 12.0. The van der Waals surface area contributed by atoms with Crippen LogP contribution < -0.4 is 19.5 Å². The lowest BCUT2D eigenvalue weighted by atomic mass is 10.1. The molecule has 0 aliphatic carbocycles. The van der Waals surface area contributed by atoms with Crippen LogP contribution in [-0.4, -0.2) is 39.8 Å². The second-order valence-electron chi connectivity index (χ2n) is 5.43. The van der Waals surface area contributed by atoms with E-state index in [4.69, 9.17) is 30.5 Å². The Bertz CT molecular complexity index is 799. The fourth-order valence-corrected chi connectivity index (χ4v) is 2.55. The van der Waals surface area contributed by atoms with Crippen LogP contribution in [0.25, 0.3) is 0 Å². The molecule has 1 amide bonds. The second-order valence-corrected chi connectivity index (χ2v) is 5.87. The standard InChI is InChI=1S/C19H20ClNO6/c1-24-15-7-12(8-16(25-2)19(15)26-3)9-18(23)27-11-17(22)21-14-6-4-5-13(20)10-14/h4-8,10H,9,11H2,1-3H3,(H,21,22). The molecule has 7 nitrogen and oxygen atoms in total. The highest BCUT2D eigenvalue weighted by Crippen LogP contribution is 2.38. The summed E-state index contributed by atoms with van der Waals surface area (Å²) in [6.07, 6.45) is -0.0544. The fraction of sp³-hybridized carbons (Fsp3) is 0.263. The number of rotatable bonds is 8. The lowest BCUT2D eigenvalue weighted by molar-refractivity contribution is -0.146. The number of esters is 1. The van der Waals surface area contributed by atoms with Gasteiger partial charge in [0.25, 0.3) is 5.91 Å². The maximum Gasteiger partial charge on any atom is 0.310 e. The number of amides is 1. The summed E-state index contributed by atoms with van der Waals surface area (Å²) in [5.74, 6) is 0.260. The van der Waals surface area contributed by atoms with Gasteiger partial charge in [-0.15, -0.1) is 0 Å². The van der Waals surface area contributed by atoms with Crippen molar-refractivity contribution in [1.29, 1.82) is 0 Å². The minimum atomic E-state index is -0.564. The zero-order chi connectivity index (χ0) is 19.8. The Morgan fingerprint density at radius 3 is 2.22 bits per heavy atom. The average Bonchev–Trinajstić information content (AvgIpc) is 2.65. The largest absolute Gasteiger partial charge is 0.493 e. The third kappa shape index (κ3) is 5.79. The van der Waals surface area contributed by atoms with Crippen LogP contribution in [0.2, 0.25) is 5.02 Å². The highest BCUT2D eigenvalue weighted by molar-refractivity contribution is 6.30. The first kappa shape index (κ1) is 20.4. The molecule has 27 heavy (non-hydrogen) atoms. The Morgan fingerprint density at radius 1 is 1.00 bits per heavy atom. The van der Waals surface area contributed by atoms with Gasteiger partial charge in [-0.05, 0) is 35.9 Å². The van der Waals surface area contributed by atoms with Gasteiger partial charge >= 0.3 is 5.97 Å². The summed E-state index contributed by atoms with van der Waals surface area (Å²) in [5, 5.41) is 3.09. The van der Waals surface area contributed by atoms with E-state index < -0.39 is 18.5 Å². The Balaban J connectivity index is 1.94. The van der Waals surface area contributed by atoms with Crippen LogP contribution in [0.5, 0.6) is 17.2 Å². The van der Waals surface area contributed by atoms with Gasteiger partial charge in [0.15, 0.2) is 18.1 Å². The summed E-state index contributed by atoms with van der Waals surface area (Å²) in [5.41, 5.74) is 1.12. The summed E-state index contributed by atoms with van der Waals surface area (Å²) in [6.45, 7) is -0.407. The topological polar surface area (TPSA) is 83.1 Å². The van der Waals surface area contributed by atoms with E-state index in [-0.39, 0.29) is 6.42 Å². The van der Waals surface area contributed by atoms with E-state index in [1.54, 1.807) is 36.4 Å². The van der Waals surface area contributed by atoms with Crippen molar-refractivity contribution in [3.05, 3.63) is 47.0 Å². The molecule has 0 fully saturated rings. The normalized spacial score (nSPS) is 10.1. The minimum absolute atomic E-state index is 0.0544. The fourth-order valence-electron chi connectivity index (χ4n) is 2.36. The first-order valence-electron chi connectivity index (χ1n) is 7.96. The lowest BCUT2D eigenvalue weighted by Crippen LogP contribution is -2.21. The predicted molar refractivity (Wildman–Crippen MR) is 101 cm³/mol. The number of benzene rings is 2. The van der Waals surface area contributed by atoms with Gasteiger partial charge in [-0.1, -0.05) is 17.7 Å². The molecule has 2 aromatic carbocycles. The third-order valence-corrected chi connectivity index (χ3v) is 3.78. The third-order valence-electron chi connectivity index (χ3n) is 3.55. The number of halogens is 1. The van der Waals surface area contributed by atoms with Gasteiger partial charge in [-0.2, -0.15) is 0 Å². The first-order valence-corrected chi connectivity index (χ1v) is 8.34. The van der Waals surface area contributed by atoms with Gasteiger partial charge < -0.3 is 24.3 Å². The Labute approximate surface area is 162 Å². The van der Waals surface area contributed by atoms with E-state index in [1.807, 2.05) is 0 Å². The highest BCUT2D eigenvalue weighted by Gasteiger charge is 2.16. The van der Waals surface area contributed by atoms with Gasteiger partial charge in [0.2, 0.25) is 5.75 Å². The number of methoxy groups -OCH3 is 3. The number of hydrogen-bond acceptors (Lipinski definition) is 6. The SMILES string of the molecule is COc1cc(CC(=O)OCC(=O)Nc2cccc(Cl)c2)cc(OC)c1OC. The van der Waals surface area contributed by atoms with Gasteiger partial charge in [0.1, 0.15) is 0 Å². The van der Waals surface area contributed by atoms with E-state index >= 15 is 0 Å². The second kappa shape index (κ2) is 9.68. The molecule has 2 aromatic rings. The van der Waals surface area contributed by atoms with E-state index in [0.29, 0.717) is 33.5 Å². The van der Waals surface area contributed by atoms with Crippen LogP contribution in [0.1, 0.15) is 5.56 Å². The van der Waals surface area contributed by atoms with E-state index in [2.05, 4.69) is 5.32 Å². The number of anilines is 1. The van der Waals surface area contributed by atoms with Crippen LogP contribution in [0, 0.1) is 0 Å². The van der Waals surface area contributed by atoms with E-state index in [1.165, 1.54) is 21.3 Å². The molecule has 144 valence electrons. The van der Waals surface area contributed by atoms with Crippen molar-refractivity contribution >= 4 is 29.2 Å². The molecule has 0 unspecified atom stereocenters. The van der Waals surface area contributed by atoms with Gasteiger partial charge in [-0.3, -0.25) is 9.59 Å². The molecule has 1 N–H and O–H groups in total. The van der Waals surface area contributed by atoms with Gasteiger partial charge in [-0.25, -0.2) is 0 Å². The lowest BCUT2D eigenvalue weighted by Gasteiger charge is -2.14. The Kier molecular flexibility index (Phi) is 7.31. The van der Waals surface area contributed by atoms with E-state index in [0.717, 1.165) is 0 Å². The molecule has 0 atom stereocenters. The monoisotopic (exact) mass is 393 g/mol. The van der Waals surface area contributed by atoms with Crippen LogP contribution >= 0.6 is 11.6 Å². The van der Waals surface area contributed by atoms with Crippen molar-refractivity contribution in [2.45, 2.75) is 6.42 Å². The molecule has 0 aromatic heterocycles. The molecule has 2 rings (SSSR count). The molecule has 0 heterocycles. The zero-order valence-electron chi connectivity index (χ0n) is 15.2. The smallest absolute Gasteiger partial charge is 0.310 e. The molecule has 0 spiro atoms. The predicted octanol–water partition coefficient (Wildman–Crippen LogP) is 3.09. The zero-order valence-corrected chi connectivity index (χ0v) is 16.0. The van der Waals surface area contributed by atoms with Crippen molar-refractivity contribution in [2.24, 2.45) is 0 Å². The van der Waals surface area contributed by atoms with Crippen LogP contribution in [0.3, 0.4) is 0 Å². The average molecular weight is 394 g/mol. The number of ether oxygens (including phenoxy) is 4. The molecular formula is C19H20ClNO6. The summed E-state index contributed by atoms with van der Waals surface area (Å²) >= 11 is 5.85. The molecule has 0 bridgehead atoms. The summed E-state index contributed by atoms with van der Waals surface area (Å²) in [7, 11) is 4.46. The first-order chi connectivity index (χ1) is 13.0. The number of carbonyl (C=O) groups is 2. The van der Waals surface area contributed by atoms with Crippen LogP contribution in [0.4, 0.5) is 5.69 Å². The van der Waals surface area contributed by atoms with Crippen LogP contribution in [0.15, 0.2) is 36.4 Å². The van der Waals surface area contributed by atoms with Crippen molar-refractivity contribution in [2.75, 3.05) is 33.3 Å². The Morgan fingerprint density at radius 2 is 1.67 bits per heavy atom. The van der Waals surface area contributed by atoms with Crippen molar-refractivity contribution < 1.29 is 28.5 Å². The molecule has 0 saturated carbocycles. The Hall–Kier alpha value is -2.93. The van der Waals surface area contributed by atoms with Crippen molar-refractivity contribution in [3.8, 4) is 17.2 Å². The number of hydrogen-bond donors (Lipinski definition) is 1. The van der Waals surface area contributed by atoms with Gasteiger partial charge in [0.05, 0.1) is 27.8 Å². The maximum absolute atomic E-state index is 12.0. The summed E-state index contributed by atoms with van der Waals surface area (Å²) < 4.78 is 20.7.